The fourth-order valence-electron chi connectivity index (χ4n) is 1.42. The Morgan fingerprint density at radius 2 is 2.11 bits per heavy atom. The molecule has 0 aliphatic heterocycles. The van der Waals surface area contributed by atoms with Crippen LogP contribution in [0.1, 0.15) is 10.5 Å². The summed E-state index contributed by atoms with van der Waals surface area (Å²) in [6, 6.07) is 6.57. The van der Waals surface area contributed by atoms with Crippen LogP contribution < -0.4 is 14.8 Å². The molecular weight excluding hydrogens is 236 g/mol. The van der Waals surface area contributed by atoms with E-state index in [1.165, 1.54) is 19.4 Å². The average molecular weight is 248 g/mol. The Balaban J connectivity index is 2.21. The molecule has 2 aromatic rings. The highest BCUT2D eigenvalue weighted by Crippen LogP contribution is 2.29. The molecule has 0 saturated heterocycles. The highest BCUT2D eigenvalue weighted by Gasteiger charge is 2.12. The first kappa shape index (κ1) is 12.0. The van der Waals surface area contributed by atoms with Crippen LogP contribution in [0.15, 0.2) is 35.1 Å². The molecule has 1 N–H and O–H groups in total. The lowest BCUT2D eigenvalue weighted by Gasteiger charge is -2.10. The highest BCUT2D eigenvalue weighted by atomic mass is 16.5. The van der Waals surface area contributed by atoms with Crippen LogP contribution in [0.2, 0.25) is 0 Å². The van der Waals surface area contributed by atoms with Gasteiger partial charge in [0, 0.05) is 12.1 Å². The summed E-state index contributed by atoms with van der Waals surface area (Å²) in [5.74, 6) is 0.782. The Morgan fingerprint density at radius 1 is 1.28 bits per heavy atom. The van der Waals surface area contributed by atoms with Gasteiger partial charge in [0.05, 0.1) is 19.9 Å². The third-order valence-corrected chi connectivity index (χ3v) is 2.33. The van der Waals surface area contributed by atoms with Gasteiger partial charge < -0.3 is 19.3 Å². The largest absolute Gasteiger partial charge is 0.497 e. The number of hydrogen-bond acceptors (Lipinski definition) is 5. The lowest BCUT2D eigenvalue weighted by molar-refractivity contribution is 0.101. The molecule has 1 aromatic heterocycles. The summed E-state index contributed by atoms with van der Waals surface area (Å²) in [5, 5.41) is 6.22. The van der Waals surface area contributed by atoms with Gasteiger partial charge in [0.25, 0.3) is 5.91 Å². The van der Waals surface area contributed by atoms with Gasteiger partial charge in [-0.15, -0.1) is 0 Å². The second kappa shape index (κ2) is 5.22. The number of aromatic nitrogens is 1. The molecule has 0 aliphatic rings. The molecule has 1 aromatic carbocycles. The normalized spacial score (nSPS) is 9.89. The van der Waals surface area contributed by atoms with Gasteiger partial charge in [-0.3, -0.25) is 4.79 Å². The van der Waals surface area contributed by atoms with Crippen LogP contribution in [-0.2, 0) is 0 Å². The van der Waals surface area contributed by atoms with Gasteiger partial charge in [-0.25, -0.2) is 0 Å². The fraction of sp³-hybridized carbons (Fsp3) is 0.167. The Labute approximate surface area is 103 Å². The van der Waals surface area contributed by atoms with Crippen LogP contribution in [0.5, 0.6) is 11.5 Å². The standard InChI is InChI=1S/C12H12N2O4/c1-16-8-3-4-9(11(7-8)17-2)13-12(15)10-5-6-18-14-10/h3-7H,1-2H3,(H,13,15). The molecule has 1 heterocycles. The van der Waals surface area contributed by atoms with E-state index in [0.29, 0.717) is 17.2 Å². The van der Waals surface area contributed by atoms with Crippen LogP contribution in [0.4, 0.5) is 5.69 Å². The number of amides is 1. The predicted molar refractivity (Wildman–Crippen MR) is 64.0 cm³/mol. The van der Waals surface area contributed by atoms with Gasteiger partial charge in [-0.05, 0) is 12.1 Å². The van der Waals surface area contributed by atoms with Crippen molar-refractivity contribution in [2.75, 3.05) is 19.5 Å². The van der Waals surface area contributed by atoms with Gasteiger partial charge in [0.2, 0.25) is 0 Å². The topological polar surface area (TPSA) is 73.6 Å². The van der Waals surface area contributed by atoms with Crippen LogP contribution in [0, 0.1) is 0 Å². The van der Waals surface area contributed by atoms with Gasteiger partial charge in [0.1, 0.15) is 17.8 Å². The molecule has 0 aliphatic carbocycles. The summed E-state index contributed by atoms with van der Waals surface area (Å²) in [5.41, 5.74) is 0.735. The lowest BCUT2D eigenvalue weighted by atomic mass is 10.2. The number of carbonyl (C=O) groups excluding carboxylic acids is 1. The van der Waals surface area contributed by atoms with E-state index < -0.39 is 0 Å². The van der Waals surface area contributed by atoms with E-state index in [1.54, 1.807) is 25.3 Å². The molecule has 0 atom stereocenters. The molecule has 94 valence electrons. The molecule has 0 saturated carbocycles. The monoisotopic (exact) mass is 248 g/mol. The SMILES string of the molecule is COc1ccc(NC(=O)c2ccon2)c(OC)c1. The molecule has 0 fully saturated rings. The van der Waals surface area contributed by atoms with Crippen LogP contribution in [0.25, 0.3) is 0 Å². The average Bonchev–Trinajstić information content (AvgIpc) is 2.93. The molecular formula is C12H12N2O4. The molecule has 2 rings (SSSR count). The van der Waals surface area contributed by atoms with Crippen molar-refractivity contribution in [3.63, 3.8) is 0 Å². The van der Waals surface area contributed by atoms with E-state index in [2.05, 4.69) is 15.0 Å². The van der Waals surface area contributed by atoms with Gasteiger partial charge in [-0.1, -0.05) is 5.16 Å². The van der Waals surface area contributed by atoms with Crippen LogP contribution in [-0.4, -0.2) is 25.3 Å². The first-order valence-corrected chi connectivity index (χ1v) is 5.18. The van der Waals surface area contributed by atoms with Crippen molar-refractivity contribution in [3.05, 3.63) is 36.2 Å². The van der Waals surface area contributed by atoms with Gasteiger partial charge in [-0.2, -0.15) is 0 Å². The third kappa shape index (κ3) is 2.42. The minimum atomic E-state index is -0.368. The number of benzene rings is 1. The second-order valence-electron chi connectivity index (χ2n) is 3.41. The minimum absolute atomic E-state index is 0.202. The maximum absolute atomic E-state index is 11.8. The Bertz CT molecular complexity index is 537. The predicted octanol–water partition coefficient (Wildman–Crippen LogP) is 1.94. The van der Waals surface area contributed by atoms with E-state index >= 15 is 0 Å². The summed E-state index contributed by atoms with van der Waals surface area (Å²) in [7, 11) is 3.07. The van der Waals surface area contributed by atoms with Crippen molar-refractivity contribution >= 4 is 11.6 Å². The summed E-state index contributed by atoms with van der Waals surface area (Å²) in [4.78, 5) is 11.8. The van der Waals surface area contributed by atoms with E-state index in [9.17, 15) is 4.79 Å². The maximum Gasteiger partial charge on any atom is 0.277 e. The lowest BCUT2D eigenvalue weighted by Crippen LogP contribution is -2.12. The van der Waals surface area contributed by atoms with Crippen molar-refractivity contribution in [3.8, 4) is 11.5 Å². The van der Waals surface area contributed by atoms with E-state index in [0.717, 1.165) is 0 Å². The zero-order valence-electron chi connectivity index (χ0n) is 9.97. The number of methoxy groups -OCH3 is 2. The molecule has 0 spiro atoms. The first-order chi connectivity index (χ1) is 8.74. The second-order valence-corrected chi connectivity index (χ2v) is 3.41. The van der Waals surface area contributed by atoms with Crippen molar-refractivity contribution < 1.29 is 18.8 Å². The summed E-state index contributed by atoms with van der Waals surface area (Å²) >= 11 is 0. The summed E-state index contributed by atoms with van der Waals surface area (Å²) in [6.45, 7) is 0. The first-order valence-electron chi connectivity index (χ1n) is 5.18. The van der Waals surface area contributed by atoms with Crippen LogP contribution >= 0.6 is 0 Å². The zero-order valence-corrected chi connectivity index (χ0v) is 9.97. The molecule has 1 amide bonds. The number of ether oxygens (including phenoxy) is 2. The molecule has 18 heavy (non-hydrogen) atoms. The molecule has 0 radical (unpaired) electrons. The van der Waals surface area contributed by atoms with Crippen LogP contribution in [0.3, 0.4) is 0 Å². The van der Waals surface area contributed by atoms with Crippen molar-refractivity contribution in [1.29, 1.82) is 0 Å². The number of hydrogen-bond donors (Lipinski definition) is 1. The Kier molecular flexibility index (Phi) is 3.47. The fourth-order valence-corrected chi connectivity index (χ4v) is 1.42. The number of nitrogens with zero attached hydrogens (tertiary/aromatic N) is 1. The molecule has 0 bridgehead atoms. The quantitative estimate of drug-likeness (QED) is 0.895. The van der Waals surface area contributed by atoms with E-state index in [1.807, 2.05) is 0 Å². The molecule has 6 nitrogen and oxygen atoms in total. The third-order valence-electron chi connectivity index (χ3n) is 2.33. The molecule has 6 heteroatoms. The maximum atomic E-state index is 11.8. The van der Waals surface area contributed by atoms with Crippen molar-refractivity contribution in [1.82, 2.24) is 5.16 Å². The Hall–Kier alpha value is -2.50. The minimum Gasteiger partial charge on any atom is -0.497 e. The number of carbonyl (C=O) groups is 1. The number of nitrogens with one attached hydrogen (secondary N) is 1. The smallest absolute Gasteiger partial charge is 0.277 e. The highest BCUT2D eigenvalue weighted by molar-refractivity contribution is 6.03. The van der Waals surface area contributed by atoms with E-state index in [-0.39, 0.29) is 11.6 Å². The summed E-state index contributed by atoms with van der Waals surface area (Å²) in [6.07, 6.45) is 1.33. The number of rotatable bonds is 4. The number of anilines is 1. The molecule has 0 unspecified atom stereocenters. The summed E-state index contributed by atoms with van der Waals surface area (Å²) < 4.78 is 14.8. The zero-order chi connectivity index (χ0) is 13.0. The van der Waals surface area contributed by atoms with Gasteiger partial charge >= 0.3 is 0 Å². The van der Waals surface area contributed by atoms with Gasteiger partial charge in [0.15, 0.2) is 5.69 Å². The van der Waals surface area contributed by atoms with E-state index in [4.69, 9.17) is 9.47 Å². The van der Waals surface area contributed by atoms with Crippen molar-refractivity contribution in [2.24, 2.45) is 0 Å². The van der Waals surface area contributed by atoms with Crippen molar-refractivity contribution in [2.45, 2.75) is 0 Å². The Morgan fingerprint density at radius 3 is 2.72 bits per heavy atom.